The molecule has 1 heterocycles. The first-order valence-electron chi connectivity index (χ1n) is 9.00. The lowest BCUT2D eigenvalue weighted by Gasteiger charge is -2.18. The zero-order valence-electron chi connectivity index (χ0n) is 16.3. The molecule has 28 heavy (non-hydrogen) atoms. The molecule has 0 saturated heterocycles. The van der Waals surface area contributed by atoms with Gasteiger partial charge in [0, 0.05) is 23.1 Å². The van der Waals surface area contributed by atoms with Crippen LogP contribution in [-0.4, -0.2) is 42.4 Å². The van der Waals surface area contributed by atoms with Crippen LogP contribution in [0.3, 0.4) is 0 Å². The molecule has 0 fully saturated rings. The van der Waals surface area contributed by atoms with Gasteiger partial charge in [0.1, 0.15) is 5.00 Å². The zero-order chi connectivity index (χ0) is 20.8. The molecular formula is C20H23BrN2O4S. The Morgan fingerprint density at radius 2 is 1.86 bits per heavy atom. The zero-order valence-corrected chi connectivity index (χ0v) is 18.7. The van der Waals surface area contributed by atoms with Gasteiger partial charge in [-0.15, -0.1) is 11.3 Å². The van der Waals surface area contributed by atoms with Crippen molar-refractivity contribution < 1.29 is 19.1 Å². The van der Waals surface area contributed by atoms with Crippen molar-refractivity contribution in [2.45, 2.75) is 27.7 Å². The fraction of sp³-hybridized carbons (Fsp3) is 0.350. The molecule has 150 valence electrons. The number of hydrogen-bond acceptors (Lipinski definition) is 5. The van der Waals surface area contributed by atoms with Crippen LogP contribution in [0.15, 0.2) is 28.7 Å². The Morgan fingerprint density at radius 3 is 2.43 bits per heavy atom. The monoisotopic (exact) mass is 466 g/mol. The number of hydrogen-bond donors (Lipinski definition) is 1. The molecule has 0 radical (unpaired) electrons. The lowest BCUT2D eigenvalue weighted by molar-refractivity contribution is 0.0527. The van der Waals surface area contributed by atoms with Gasteiger partial charge >= 0.3 is 5.97 Å². The van der Waals surface area contributed by atoms with E-state index in [-0.39, 0.29) is 24.0 Å². The number of anilines is 1. The number of halogens is 1. The largest absolute Gasteiger partial charge is 0.462 e. The summed E-state index contributed by atoms with van der Waals surface area (Å²) in [7, 11) is 0. The number of carbonyl (C=O) groups is 3. The first-order valence-corrected chi connectivity index (χ1v) is 10.6. The van der Waals surface area contributed by atoms with E-state index in [0.717, 1.165) is 15.8 Å². The van der Waals surface area contributed by atoms with E-state index in [9.17, 15) is 14.4 Å². The van der Waals surface area contributed by atoms with E-state index >= 15 is 0 Å². The number of nitrogens with one attached hydrogen (secondary N) is 1. The molecule has 0 saturated carbocycles. The van der Waals surface area contributed by atoms with E-state index in [1.807, 2.05) is 19.9 Å². The molecule has 0 bridgehead atoms. The number of rotatable bonds is 7. The first-order chi connectivity index (χ1) is 13.3. The van der Waals surface area contributed by atoms with E-state index in [1.165, 1.54) is 0 Å². The third-order valence-corrected chi connectivity index (χ3v) is 5.87. The van der Waals surface area contributed by atoms with Gasteiger partial charge in [-0.3, -0.25) is 9.59 Å². The summed E-state index contributed by atoms with van der Waals surface area (Å²) < 4.78 is 5.92. The van der Waals surface area contributed by atoms with Crippen LogP contribution < -0.4 is 5.32 Å². The molecule has 2 aromatic rings. The second kappa shape index (κ2) is 9.84. The van der Waals surface area contributed by atoms with Crippen molar-refractivity contribution >= 4 is 50.1 Å². The van der Waals surface area contributed by atoms with Crippen molar-refractivity contribution in [3.63, 3.8) is 0 Å². The quantitative estimate of drug-likeness (QED) is 0.598. The number of amides is 2. The number of thiophene rings is 1. The Morgan fingerprint density at radius 1 is 1.18 bits per heavy atom. The molecule has 1 aromatic heterocycles. The summed E-state index contributed by atoms with van der Waals surface area (Å²) in [6.07, 6.45) is 0. The third kappa shape index (κ3) is 4.80. The molecule has 0 aliphatic heterocycles. The van der Waals surface area contributed by atoms with Crippen molar-refractivity contribution in [2.75, 3.05) is 25.0 Å². The van der Waals surface area contributed by atoms with Crippen molar-refractivity contribution in [2.24, 2.45) is 0 Å². The molecule has 8 heteroatoms. The van der Waals surface area contributed by atoms with E-state index in [2.05, 4.69) is 21.2 Å². The van der Waals surface area contributed by atoms with Gasteiger partial charge in [0.25, 0.3) is 11.8 Å². The van der Waals surface area contributed by atoms with Crippen LogP contribution >= 0.6 is 27.3 Å². The Bertz CT molecular complexity index is 890. The average Bonchev–Trinajstić information content (AvgIpc) is 2.98. The van der Waals surface area contributed by atoms with E-state index < -0.39 is 5.97 Å². The van der Waals surface area contributed by atoms with Crippen LogP contribution in [0.25, 0.3) is 0 Å². The van der Waals surface area contributed by atoms with Crippen LogP contribution in [0, 0.1) is 6.92 Å². The maximum atomic E-state index is 12.8. The highest BCUT2D eigenvalue weighted by Crippen LogP contribution is 2.35. The molecule has 0 aliphatic carbocycles. The van der Waals surface area contributed by atoms with Crippen LogP contribution in [0.2, 0.25) is 0 Å². The maximum absolute atomic E-state index is 12.8. The third-order valence-electron chi connectivity index (χ3n) is 4.19. The molecule has 0 unspecified atom stereocenters. The number of ether oxygens (including phenoxy) is 1. The van der Waals surface area contributed by atoms with Crippen LogP contribution in [0.5, 0.6) is 0 Å². The molecule has 1 aromatic carbocycles. The summed E-state index contributed by atoms with van der Waals surface area (Å²) in [6.45, 7) is 8.52. The molecule has 0 atom stereocenters. The molecule has 0 aliphatic rings. The molecule has 2 amide bonds. The predicted octanol–water partition coefficient (Wildman–Crippen LogP) is 4.73. The fourth-order valence-electron chi connectivity index (χ4n) is 2.71. The van der Waals surface area contributed by atoms with Gasteiger partial charge in [0.15, 0.2) is 0 Å². The molecule has 1 N–H and O–H groups in total. The highest BCUT2D eigenvalue weighted by molar-refractivity contribution is 9.10. The van der Waals surface area contributed by atoms with Gasteiger partial charge < -0.3 is 15.0 Å². The van der Waals surface area contributed by atoms with Crippen molar-refractivity contribution in [3.8, 4) is 0 Å². The highest BCUT2D eigenvalue weighted by Gasteiger charge is 2.28. The lowest BCUT2D eigenvalue weighted by Crippen LogP contribution is -2.30. The summed E-state index contributed by atoms with van der Waals surface area (Å²) in [5, 5.41) is 3.09. The Hall–Kier alpha value is -2.19. The predicted molar refractivity (Wildman–Crippen MR) is 114 cm³/mol. The summed E-state index contributed by atoms with van der Waals surface area (Å²) in [5.74, 6) is -1.09. The van der Waals surface area contributed by atoms with Crippen LogP contribution in [0.4, 0.5) is 5.00 Å². The van der Waals surface area contributed by atoms with Crippen molar-refractivity contribution in [1.29, 1.82) is 0 Å². The summed E-state index contributed by atoms with van der Waals surface area (Å²) in [4.78, 5) is 40.1. The minimum atomic E-state index is -0.556. The normalized spacial score (nSPS) is 10.5. The Labute approximate surface area is 177 Å². The Kier molecular flexibility index (Phi) is 7.77. The van der Waals surface area contributed by atoms with Gasteiger partial charge in [0.2, 0.25) is 0 Å². The SMILES string of the molecule is CCOC(=O)c1c(NC(=O)c2cccc(Br)c2)sc(C(=O)N(CC)CC)c1C. The molecule has 2 rings (SSSR count). The van der Waals surface area contributed by atoms with Crippen molar-refractivity contribution in [3.05, 3.63) is 50.3 Å². The van der Waals surface area contributed by atoms with Crippen LogP contribution in [0.1, 0.15) is 56.7 Å². The molecule has 0 spiro atoms. The second-order valence-electron chi connectivity index (χ2n) is 5.92. The van der Waals surface area contributed by atoms with E-state index in [4.69, 9.17) is 4.74 Å². The number of carbonyl (C=O) groups excluding carboxylic acids is 3. The number of esters is 1. The summed E-state index contributed by atoms with van der Waals surface area (Å²) >= 11 is 4.44. The highest BCUT2D eigenvalue weighted by atomic mass is 79.9. The smallest absolute Gasteiger partial charge is 0.341 e. The van der Waals surface area contributed by atoms with Gasteiger partial charge in [-0.2, -0.15) is 0 Å². The van der Waals surface area contributed by atoms with Crippen LogP contribution in [-0.2, 0) is 4.74 Å². The van der Waals surface area contributed by atoms with Gasteiger partial charge in [0.05, 0.1) is 17.0 Å². The van der Waals surface area contributed by atoms with E-state index in [0.29, 0.717) is 34.1 Å². The standard InChI is InChI=1S/C20H23BrN2O4S/c1-5-23(6-2)19(25)16-12(4)15(20(26)27-7-3)18(28-16)22-17(24)13-9-8-10-14(21)11-13/h8-11H,5-7H2,1-4H3,(H,22,24). The number of benzene rings is 1. The number of nitrogens with zero attached hydrogens (tertiary/aromatic N) is 1. The molecule has 6 nitrogen and oxygen atoms in total. The van der Waals surface area contributed by atoms with E-state index in [1.54, 1.807) is 36.9 Å². The molecular weight excluding hydrogens is 444 g/mol. The van der Waals surface area contributed by atoms with Gasteiger partial charge in [-0.1, -0.05) is 22.0 Å². The maximum Gasteiger partial charge on any atom is 0.341 e. The first kappa shape index (κ1) is 22.1. The summed E-state index contributed by atoms with van der Waals surface area (Å²) in [5.41, 5.74) is 1.18. The van der Waals surface area contributed by atoms with Crippen molar-refractivity contribution in [1.82, 2.24) is 4.90 Å². The fourth-order valence-corrected chi connectivity index (χ4v) is 4.27. The minimum absolute atomic E-state index is 0.166. The Balaban J connectivity index is 2.46. The van der Waals surface area contributed by atoms with Gasteiger partial charge in [-0.05, 0) is 51.5 Å². The van der Waals surface area contributed by atoms with Gasteiger partial charge in [-0.25, -0.2) is 4.79 Å². The lowest BCUT2D eigenvalue weighted by atomic mass is 10.1. The second-order valence-corrected chi connectivity index (χ2v) is 7.86. The average molecular weight is 467 g/mol. The topological polar surface area (TPSA) is 75.7 Å². The summed E-state index contributed by atoms with van der Waals surface area (Å²) in [6, 6.07) is 6.92. The minimum Gasteiger partial charge on any atom is -0.462 e.